The predicted octanol–water partition coefficient (Wildman–Crippen LogP) is 3.48. The average Bonchev–Trinajstić information content (AvgIpc) is 3.23. The van der Waals surface area contributed by atoms with Gasteiger partial charge in [0.05, 0.1) is 24.0 Å². The largest absolute Gasteiger partial charge is 0.226 e. The van der Waals surface area contributed by atoms with Crippen molar-refractivity contribution in [1.82, 2.24) is 30.0 Å². The molecule has 0 atom stereocenters. The van der Waals surface area contributed by atoms with E-state index in [1.54, 1.807) is 23.0 Å². The Labute approximate surface area is 151 Å². The third-order valence-corrected chi connectivity index (χ3v) is 4.41. The summed E-state index contributed by atoms with van der Waals surface area (Å²) in [5.74, 6) is 0.175. The van der Waals surface area contributed by atoms with Gasteiger partial charge in [0.2, 0.25) is 5.82 Å². The van der Waals surface area contributed by atoms with Crippen LogP contribution >= 0.6 is 15.9 Å². The molecule has 0 N–H and O–H groups in total. The number of aromatic nitrogens is 6. The van der Waals surface area contributed by atoms with Gasteiger partial charge < -0.3 is 0 Å². The molecule has 0 radical (unpaired) electrons. The molecule has 8 heteroatoms. The molecule has 0 bridgehead atoms. The smallest absolute Gasteiger partial charge is 0.209 e. The van der Waals surface area contributed by atoms with Crippen LogP contribution in [-0.2, 0) is 6.54 Å². The molecule has 0 unspecified atom stereocenters. The molecule has 4 aromatic rings. The fourth-order valence-electron chi connectivity index (χ4n) is 2.41. The van der Waals surface area contributed by atoms with Gasteiger partial charge in [0.15, 0.2) is 0 Å². The second kappa shape index (κ2) is 6.56. The van der Waals surface area contributed by atoms with Crippen LogP contribution < -0.4 is 0 Å². The van der Waals surface area contributed by atoms with Crippen LogP contribution in [0.4, 0.5) is 4.39 Å². The Bertz CT molecular complexity index is 994. The molecular formula is C17H12BrFN6. The van der Waals surface area contributed by atoms with Crippen LogP contribution in [0.5, 0.6) is 0 Å². The molecule has 0 aliphatic heterocycles. The van der Waals surface area contributed by atoms with Crippen molar-refractivity contribution in [3.63, 3.8) is 0 Å². The molecule has 25 heavy (non-hydrogen) atoms. The molecule has 0 amide bonds. The number of benzene rings is 2. The highest BCUT2D eigenvalue weighted by Crippen LogP contribution is 2.27. The van der Waals surface area contributed by atoms with Gasteiger partial charge in [0.1, 0.15) is 10.4 Å². The van der Waals surface area contributed by atoms with E-state index in [1.807, 2.05) is 30.3 Å². The zero-order chi connectivity index (χ0) is 17.2. The van der Waals surface area contributed by atoms with Gasteiger partial charge in [-0.05, 0) is 51.0 Å². The van der Waals surface area contributed by atoms with Crippen molar-refractivity contribution in [3.05, 3.63) is 76.8 Å². The first-order chi connectivity index (χ1) is 12.2. The van der Waals surface area contributed by atoms with E-state index in [0.29, 0.717) is 22.5 Å². The molecule has 0 saturated carbocycles. The minimum Gasteiger partial charge on any atom is -0.226 e. The number of nitrogens with zero attached hydrogens (tertiary/aromatic N) is 6. The second-order valence-corrected chi connectivity index (χ2v) is 6.12. The summed E-state index contributed by atoms with van der Waals surface area (Å²) in [5, 5.41) is 16.9. The van der Waals surface area contributed by atoms with Gasteiger partial charge in [-0.1, -0.05) is 30.3 Å². The number of rotatable bonds is 4. The van der Waals surface area contributed by atoms with Crippen molar-refractivity contribution in [1.29, 1.82) is 0 Å². The Morgan fingerprint density at radius 2 is 1.76 bits per heavy atom. The lowest BCUT2D eigenvalue weighted by molar-refractivity contribution is 0.573. The third kappa shape index (κ3) is 3.20. The molecule has 6 nitrogen and oxygen atoms in total. The van der Waals surface area contributed by atoms with E-state index in [9.17, 15) is 4.39 Å². The van der Waals surface area contributed by atoms with Crippen molar-refractivity contribution in [3.8, 4) is 17.1 Å². The quantitative estimate of drug-likeness (QED) is 0.527. The number of tetrazole rings is 1. The average molecular weight is 399 g/mol. The fourth-order valence-corrected chi connectivity index (χ4v) is 2.99. The molecule has 0 aliphatic rings. The third-order valence-electron chi connectivity index (χ3n) is 3.64. The van der Waals surface area contributed by atoms with E-state index in [2.05, 4.69) is 36.4 Å². The zero-order valence-electron chi connectivity index (χ0n) is 12.9. The summed E-state index contributed by atoms with van der Waals surface area (Å²) < 4.78 is 15.4. The summed E-state index contributed by atoms with van der Waals surface area (Å²) in [5.41, 5.74) is 2.53. The minimum absolute atomic E-state index is 0.294. The van der Waals surface area contributed by atoms with Crippen LogP contribution in [0.1, 0.15) is 5.56 Å². The lowest BCUT2D eigenvalue weighted by atomic mass is 10.2. The summed E-state index contributed by atoms with van der Waals surface area (Å²) >= 11 is 3.51. The van der Waals surface area contributed by atoms with Gasteiger partial charge in [-0.15, -0.1) is 10.2 Å². The van der Waals surface area contributed by atoms with Crippen molar-refractivity contribution in [2.45, 2.75) is 6.54 Å². The van der Waals surface area contributed by atoms with Crippen LogP contribution in [0.15, 0.2) is 65.4 Å². The Morgan fingerprint density at radius 1 is 1.00 bits per heavy atom. The molecule has 0 saturated heterocycles. The van der Waals surface area contributed by atoms with Crippen LogP contribution in [-0.4, -0.2) is 30.0 Å². The second-order valence-electron chi connectivity index (χ2n) is 5.37. The molecule has 2 aromatic carbocycles. The number of halogens is 2. The standard InChI is InChI=1S/C17H12BrFN6/c18-16-15(10-20-25(16)14-8-6-13(19)7-9-14)17-21-23-24(22-17)11-12-4-2-1-3-5-12/h1-10H,11H2. The van der Waals surface area contributed by atoms with E-state index >= 15 is 0 Å². The molecular weight excluding hydrogens is 387 g/mol. The van der Waals surface area contributed by atoms with Gasteiger partial charge in [-0.25, -0.2) is 9.07 Å². The summed E-state index contributed by atoms with van der Waals surface area (Å²) in [6.45, 7) is 0.539. The van der Waals surface area contributed by atoms with Crippen LogP contribution in [0.2, 0.25) is 0 Å². The Hall–Kier alpha value is -2.87. The maximum atomic E-state index is 13.1. The van der Waals surface area contributed by atoms with Crippen LogP contribution in [0.25, 0.3) is 17.1 Å². The monoisotopic (exact) mass is 398 g/mol. The van der Waals surface area contributed by atoms with E-state index in [1.165, 1.54) is 16.9 Å². The molecule has 2 heterocycles. The summed E-state index contributed by atoms with van der Waals surface area (Å²) in [7, 11) is 0. The highest BCUT2D eigenvalue weighted by atomic mass is 79.9. The van der Waals surface area contributed by atoms with E-state index in [-0.39, 0.29) is 5.82 Å². The van der Waals surface area contributed by atoms with Crippen molar-refractivity contribution in [2.75, 3.05) is 0 Å². The van der Waals surface area contributed by atoms with Gasteiger partial charge in [0.25, 0.3) is 0 Å². The van der Waals surface area contributed by atoms with Crippen molar-refractivity contribution in [2.24, 2.45) is 0 Å². The Balaban J connectivity index is 1.62. The predicted molar refractivity (Wildman–Crippen MR) is 93.6 cm³/mol. The van der Waals surface area contributed by atoms with E-state index in [0.717, 1.165) is 11.3 Å². The maximum absolute atomic E-state index is 13.1. The van der Waals surface area contributed by atoms with Crippen LogP contribution in [0.3, 0.4) is 0 Å². The maximum Gasteiger partial charge on any atom is 0.209 e. The first kappa shape index (κ1) is 15.6. The summed E-state index contributed by atoms with van der Waals surface area (Å²) in [4.78, 5) is 1.53. The first-order valence-electron chi connectivity index (χ1n) is 7.52. The fraction of sp³-hybridized carbons (Fsp3) is 0.0588. The minimum atomic E-state index is -0.294. The summed E-state index contributed by atoms with van der Waals surface area (Å²) in [6, 6.07) is 16.0. The molecule has 0 aliphatic carbocycles. The van der Waals surface area contributed by atoms with Gasteiger partial charge in [0, 0.05) is 0 Å². The molecule has 0 fully saturated rings. The first-order valence-corrected chi connectivity index (χ1v) is 8.31. The molecule has 0 spiro atoms. The zero-order valence-corrected chi connectivity index (χ0v) is 14.5. The number of hydrogen-bond donors (Lipinski definition) is 0. The molecule has 4 rings (SSSR count). The molecule has 124 valence electrons. The number of hydrogen-bond acceptors (Lipinski definition) is 4. The highest BCUT2D eigenvalue weighted by molar-refractivity contribution is 9.10. The highest BCUT2D eigenvalue weighted by Gasteiger charge is 2.16. The van der Waals surface area contributed by atoms with E-state index < -0.39 is 0 Å². The lowest BCUT2D eigenvalue weighted by Gasteiger charge is -2.03. The van der Waals surface area contributed by atoms with Crippen LogP contribution in [0, 0.1) is 5.82 Å². The van der Waals surface area contributed by atoms with Gasteiger partial charge in [-0.3, -0.25) is 0 Å². The molecule has 2 aromatic heterocycles. The Morgan fingerprint density at radius 3 is 2.52 bits per heavy atom. The lowest BCUT2D eigenvalue weighted by Crippen LogP contribution is -2.03. The topological polar surface area (TPSA) is 61.4 Å². The van der Waals surface area contributed by atoms with Crippen molar-refractivity contribution < 1.29 is 4.39 Å². The SMILES string of the molecule is Fc1ccc(-n2ncc(-c3nnn(Cc4ccccc4)n3)c2Br)cc1. The van der Waals surface area contributed by atoms with Gasteiger partial charge in [-0.2, -0.15) is 9.90 Å². The van der Waals surface area contributed by atoms with E-state index in [4.69, 9.17) is 0 Å². The van der Waals surface area contributed by atoms with Gasteiger partial charge >= 0.3 is 0 Å². The summed E-state index contributed by atoms with van der Waals surface area (Å²) in [6.07, 6.45) is 1.65. The normalized spacial score (nSPS) is 11.0. The van der Waals surface area contributed by atoms with Crippen molar-refractivity contribution >= 4 is 15.9 Å². The Kier molecular flexibility index (Phi) is 4.10.